The number of rotatable bonds is 5. The van der Waals surface area contributed by atoms with Crippen LogP contribution < -0.4 is 10.5 Å². The van der Waals surface area contributed by atoms with E-state index < -0.39 is 10.0 Å². The van der Waals surface area contributed by atoms with Crippen LogP contribution in [0.3, 0.4) is 0 Å². The van der Waals surface area contributed by atoms with Crippen molar-refractivity contribution in [3.63, 3.8) is 0 Å². The Bertz CT molecular complexity index is 1010. The monoisotopic (exact) mass is 393 g/mol. The number of primary sulfonamides is 1. The van der Waals surface area contributed by atoms with E-state index in [1.807, 2.05) is 37.3 Å². The lowest BCUT2D eigenvalue weighted by Crippen LogP contribution is -2.22. The maximum absolute atomic E-state index is 12.6. The predicted molar refractivity (Wildman–Crippen MR) is 99.1 cm³/mol. The molecular weight excluding hydrogens is 378 g/mol. The summed E-state index contributed by atoms with van der Waals surface area (Å²) in [5.41, 5.74) is 1.53. The fourth-order valence-electron chi connectivity index (χ4n) is 2.23. The number of nitrogens with two attached hydrogens (primary N) is 1. The number of hydrogen-bond acceptors (Lipinski definition) is 6. The molecule has 0 bridgehead atoms. The van der Waals surface area contributed by atoms with E-state index in [9.17, 15) is 13.2 Å². The van der Waals surface area contributed by atoms with E-state index in [0.717, 1.165) is 21.9 Å². The molecule has 0 aliphatic rings. The highest BCUT2D eigenvalue weighted by Crippen LogP contribution is 2.28. The van der Waals surface area contributed by atoms with Crippen LogP contribution in [0.5, 0.6) is 0 Å². The van der Waals surface area contributed by atoms with Gasteiger partial charge in [0.2, 0.25) is 10.0 Å². The first-order valence-corrected chi connectivity index (χ1v) is 10.4. The number of thiazole rings is 1. The molecule has 2 aromatic heterocycles. The molecule has 3 rings (SSSR count). The Morgan fingerprint density at radius 3 is 2.52 bits per heavy atom. The summed E-state index contributed by atoms with van der Waals surface area (Å²) in [6.45, 7) is 2.08. The number of thiophene rings is 1. The Labute approximate surface area is 153 Å². The third-order valence-corrected chi connectivity index (χ3v) is 6.82. The van der Waals surface area contributed by atoms with E-state index in [2.05, 4.69) is 10.3 Å². The Balaban J connectivity index is 1.77. The molecule has 9 heteroatoms. The van der Waals surface area contributed by atoms with E-state index in [1.165, 1.54) is 17.4 Å². The molecule has 0 aliphatic carbocycles. The van der Waals surface area contributed by atoms with Crippen LogP contribution >= 0.6 is 22.7 Å². The Kier molecular flexibility index (Phi) is 5.00. The summed E-state index contributed by atoms with van der Waals surface area (Å²) in [6.07, 6.45) is 0. The summed E-state index contributed by atoms with van der Waals surface area (Å²) < 4.78 is 22.7. The molecule has 2 heterocycles. The van der Waals surface area contributed by atoms with Gasteiger partial charge < -0.3 is 5.32 Å². The van der Waals surface area contributed by atoms with Gasteiger partial charge in [0.15, 0.2) is 0 Å². The van der Waals surface area contributed by atoms with Gasteiger partial charge in [-0.05, 0) is 19.1 Å². The number of benzene rings is 1. The van der Waals surface area contributed by atoms with Crippen LogP contribution in [-0.4, -0.2) is 19.3 Å². The molecule has 0 spiro atoms. The molecule has 6 nitrogen and oxygen atoms in total. The van der Waals surface area contributed by atoms with Crippen molar-refractivity contribution >= 4 is 38.6 Å². The molecule has 130 valence electrons. The summed E-state index contributed by atoms with van der Waals surface area (Å²) in [6, 6.07) is 12.6. The van der Waals surface area contributed by atoms with Crippen molar-refractivity contribution in [1.29, 1.82) is 0 Å². The summed E-state index contributed by atoms with van der Waals surface area (Å²) in [4.78, 5) is 18.3. The highest BCUT2D eigenvalue weighted by molar-refractivity contribution is 7.91. The first-order valence-electron chi connectivity index (χ1n) is 7.27. The average molecular weight is 394 g/mol. The highest BCUT2D eigenvalue weighted by Gasteiger charge is 2.18. The second-order valence-electron chi connectivity index (χ2n) is 5.23. The predicted octanol–water partition coefficient (Wildman–Crippen LogP) is 2.76. The van der Waals surface area contributed by atoms with Gasteiger partial charge in [0.05, 0.1) is 17.2 Å². The quantitative estimate of drug-likeness (QED) is 0.696. The lowest BCUT2D eigenvalue weighted by atomic mass is 10.1. The molecule has 1 aromatic carbocycles. The minimum absolute atomic E-state index is 0.0790. The third-order valence-electron chi connectivity index (χ3n) is 3.33. The van der Waals surface area contributed by atoms with Crippen molar-refractivity contribution in [2.45, 2.75) is 17.7 Å². The van der Waals surface area contributed by atoms with Crippen LogP contribution in [0.2, 0.25) is 0 Å². The Hall–Kier alpha value is -2.07. The molecule has 0 saturated heterocycles. The van der Waals surface area contributed by atoms with Gasteiger partial charge in [0.1, 0.15) is 9.09 Å². The zero-order valence-electron chi connectivity index (χ0n) is 13.2. The molecule has 3 N–H and O–H groups in total. The van der Waals surface area contributed by atoms with Crippen molar-refractivity contribution in [1.82, 2.24) is 10.3 Å². The fraction of sp³-hybridized carbons (Fsp3) is 0.125. The molecule has 3 aromatic rings. The minimum atomic E-state index is -3.71. The number of amides is 1. The second kappa shape index (κ2) is 7.04. The number of carbonyl (C=O) groups excluding carboxylic acids is 1. The number of sulfonamides is 1. The summed E-state index contributed by atoms with van der Waals surface area (Å²) >= 11 is 2.37. The molecule has 0 atom stereocenters. The zero-order chi connectivity index (χ0) is 18.0. The molecule has 25 heavy (non-hydrogen) atoms. The van der Waals surface area contributed by atoms with Gasteiger partial charge in [0.25, 0.3) is 5.91 Å². The van der Waals surface area contributed by atoms with Gasteiger partial charge >= 0.3 is 0 Å². The van der Waals surface area contributed by atoms with Crippen LogP contribution in [0.15, 0.2) is 46.7 Å². The average Bonchev–Trinajstić information content (AvgIpc) is 3.20. The first kappa shape index (κ1) is 17.7. The van der Waals surface area contributed by atoms with Gasteiger partial charge in [-0.25, -0.2) is 18.5 Å². The van der Waals surface area contributed by atoms with Crippen LogP contribution in [0, 0.1) is 6.92 Å². The van der Waals surface area contributed by atoms with Crippen LogP contribution in [-0.2, 0) is 16.6 Å². The fourth-order valence-corrected chi connectivity index (χ4v) is 4.80. The summed E-state index contributed by atoms with van der Waals surface area (Å²) in [5, 5.41) is 8.71. The van der Waals surface area contributed by atoms with Crippen molar-refractivity contribution < 1.29 is 13.2 Å². The maximum Gasteiger partial charge on any atom is 0.263 e. The van der Waals surface area contributed by atoms with Crippen LogP contribution in [0.25, 0.3) is 11.3 Å². The lowest BCUT2D eigenvalue weighted by molar-refractivity contribution is 0.0956. The highest BCUT2D eigenvalue weighted by atomic mass is 32.2. The third kappa shape index (κ3) is 4.13. The molecule has 0 saturated carbocycles. The number of nitrogens with zero attached hydrogens (tertiary/aromatic N) is 1. The summed E-state index contributed by atoms with van der Waals surface area (Å²) in [7, 11) is -3.71. The topological polar surface area (TPSA) is 102 Å². The molecular formula is C16H15N3O3S3. The van der Waals surface area contributed by atoms with Gasteiger partial charge in [-0.2, -0.15) is 0 Å². The van der Waals surface area contributed by atoms with E-state index in [1.54, 1.807) is 6.07 Å². The van der Waals surface area contributed by atoms with Crippen molar-refractivity contribution in [2.75, 3.05) is 0 Å². The Morgan fingerprint density at radius 1 is 1.16 bits per heavy atom. The standard InChI is InChI=1S/C16H15N3O3S3/c1-10-19-14(11-5-3-2-4-6-11)15(23-10)16(20)18-9-12-7-8-13(24-12)25(17,21)22/h2-8H,9H2,1H3,(H,18,20)(H2,17,21,22). The van der Waals surface area contributed by atoms with E-state index in [-0.39, 0.29) is 16.7 Å². The summed E-state index contributed by atoms with van der Waals surface area (Å²) in [5.74, 6) is -0.241. The minimum Gasteiger partial charge on any atom is -0.346 e. The molecule has 0 radical (unpaired) electrons. The maximum atomic E-state index is 12.6. The van der Waals surface area contributed by atoms with Crippen LogP contribution in [0.4, 0.5) is 0 Å². The van der Waals surface area contributed by atoms with E-state index in [4.69, 9.17) is 5.14 Å². The molecule has 0 aliphatic heterocycles. The molecule has 0 unspecified atom stereocenters. The van der Waals surface area contributed by atoms with Gasteiger partial charge in [-0.15, -0.1) is 22.7 Å². The van der Waals surface area contributed by atoms with Gasteiger partial charge in [-0.1, -0.05) is 30.3 Å². The van der Waals surface area contributed by atoms with Crippen molar-refractivity contribution in [2.24, 2.45) is 5.14 Å². The molecule has 0 fully saturated rings. The molecule has 1 amide bonds. The smallest absolute Gasteiger partial charge is 0.263 e. The zero-order valence-corrected chi connectivity index (χ0v) is 15.7. The number of aryl methyl sites for hydroxylation is 1. The second-order valence-corrected chi connectivity index (χ2v) is 9.38. The Morgan fingerprint density at radius 2 is 1.88 bits per heavy atom. The number of carbonyl (C=O) groups is 1. The first-order chi connectivity index (χ1) is 11.8. The lowest BCUT2D eigenvalue weighted by Gasteiger charge is -2.04. The van der Waals surface area contributed by atoms with E-state index >= 15 is 0 Å². The normalized spacial score (nSPS) is 11.4. The van der Waals surface area contributed by atoms with Crippen molar-refractivity contribution in [3.8, 4) is 11.3 Å². The largest absolute Gasteiger partial charge is 0.346 e. The number of nitrogens with one attached hydrogen (secondary N) is 1. The number of aromatic nitrogens is 1. The van der Waals surface area contributed by atoms with Gasteiger partial charge in [-0.3, -0.25) is 4.79 Å². The number of hydrogen-bond donors (Lipinski definition) is 2. The van der Waals surface area contributed by atoms with Crippen molar-refractivity contribution in [3.05, 3.63) is 57.2 Å². The van der Waals surface area contributed by atoms with Crippen LogP contribution in [0.1, 0.15) is 19.6 Å². The SMILES string of the molecule is Cc1nc(-c2ccccc2)c(C(=O)NCc2ccc(S(N)(=O)=O)s2)s1. The van der Waals surface area contributed by atoms with Gasteiger partial charge in [0, 0.05) is 10.4 Å². The van der Waals surface area contributed by atoms with E-state index in [0.29, 0.717) is 15.4 Å².